The first-order chi connectivity index (χ1) is 9.33. The Labute approximate surface area is 119 Å². The minimum Gasteiger partial charge on any atom is -0.307 e. The van der Waals surface area contributed by atoms with Gasteiger partial charge in [0.2, 0.25) is 0 Å². The first kappa shape index (κ1) is 12.9. The highest BCUT2D eigenvalue weighted by molar-refractivity contribution is 7.09. The van der Waals surface area contributed by atoms with E-state index in [4.69, 9.17) is 0 Å². The lowest BCUT2D eigenvalue weighted by Crippen LogP contribution is -2.33. The number of nitrogens with one attached hydrogen (secondary N) is 1. The van der Waals surface area contributed by atoms with Crippen molar-refractivity contribution >= 4 is 11.3 Å². The maximum Gasteiger partial charge on any atom is 0.0325 e. The van der Waals surface area contributed by atoms with Gasteiger partial charge in [-0.25, -0.2) is 0 Å². The first-order valence-electron chi connectivity index (χ1n) is 7.19. The summed E-state index contributed by atoms with van der Waals surface area (Å²) in [4.78, 5) is 1.48. The Morgan fingerprint density at radius 1 is 1.26 bits per heavy atom. The van der Waals surface area contributed by atoms with Crippen LogP contribution in [0, 0.1) is 0 Å². The largest absolute Gasteiger partial charge is 0.307 e. The highest BCUT2D eigenvalue weighted by Crippen LogP contribution is 2.30. The Hall–Kier alpha value is -1.12. The molecule has 1 aliphatic carbocycles. The molecule has 1 nitrogen and oxygen atoms in total. The highest BCUT2D eigenvalue weighted by Gasteiger charge is 2.20. The monoisotopic (exact) mass is 271 g/mol. The number of benzene rings is 1. The maximum absolute atomic E-state index is 3.82. The summed E-state index contributed by atoms with van der Waals surface area (Å²) in [6.07, 6.45) is 4.95. The van der Waals surface area contributed by atoms with E-state index < -0.39 is 0 Å². The molecular formula is C17H21NS. The third kappa shape index (κ3) is 3.07. The van der Waals surface area contributed by atoms with Crippen LogP contribution < -0.4 is 5.32 Å². The van der Waals surface area contributed by atoms with Gasteiger partial charge in [-0.05, 0) is 55.2 Å². The molecule has 1 aromatic heterocycles. The lowest BCUT2D eigenvalue weighted by molar-refractivity contribution is 0.408. The lowest BCUT2D eigenvalue weighted by atomic mass is 9.87. The summed E-state index contributed by atoms with van der Waals surface area (Å²) >= 11 is 1.86. The van der Waals surface area contributed by atoms with Crippen LogP contribution in [0.25, 0.3) is 0 Å². The zero-order valence-electron chi connectivity index (χ0n) is 11.4. The summed E-state index contributed by atoms with van der Waals surface area (Å²) in [6.45, 7) is 2.30. The van der Waals surface area contributed by atoms with Crippen molar-refractivity contribution in [3.05, 3.63) is 57.8 Å². The summed E-state index contributed by atoms with van der Waals surface area (Å²) in [7, 11) is 0. The molecule has 0 saturated carbocycles. The van der Waals surface area contributed by atoms with Gasteiger partial charge in [0.1, 0.15) is 0 Å². The van der Waals surface area contributed by atoms with E-state index in [1.54, 1.807) is 0 Å². The van der Waals surface area contributed by atoms with Gasteiger partial charge in [0.25, 0.3) is 0 Å². The van der Waals surface area contributed by atoms with Crippen LogP contribution in [0.15, 0.2) is 41.8 Å². The normalized spacial score (nSPS) is 19.9. The van der Waals surface area contributed by atoms with Gasteiger partial charge >= 0.3 is 0 Å². The molecule has 1 aliphatic rings. The quantitative estimate of drug-likeness (QED) is 0.872. The summed E-state index contributed by atoms with van der Waals surface area (Å²) in [6, 6.07) is 14.4. The van der Waals surface area contributed by atoms with Crippen molar-refractivity contribution in [1.29, 1.82) is 0 Å². The van der Waals surface area contributed by atoms with Gasteiger partial charge in [0.05, 0.1) is 0 Å². The molecule has 0 radical (unpaired) electrons. The predicted molar refractivity (Wildman–Crippen MR) is 82.7 cm³/mol. The topological polar surface area (TPSA) is 12.0 Å². The summed E-state index contributed by atoms with van der Waals surface area (Å²) in [5, 5.41) is 5.98. The summed E-state index contributed by atoms with van der Waals surface area (Å²) in [5.74, 6) is 0. The number of hydrogen-bond donors (Lipinski definition) is 1. The van der Waals surface area contributed by atoms with Crippen molar-refractivity contribution in [2.45, 2.75) is 44.7 Å². The van der Waals surface area contributed by atoms with Crippen LogP contribution >= 0.6 is 11.3 Å². The van der Waals surface area contributed by atoms with Crippen molar-refractivity contribution in [2.75, 3.05) is 0 Å². The van der Waals surface area contributed by atoms with Crippen LogP contribution in [0.5, 0.6) is 0 Å². The van der Waals surface area contributed by atoms with E-state index in [0.717, 1.165) is 6.42 Å². The average molecular weight is 271 g/mol. The second-order valence-corrected chi connectivity index (χ2v) is 6.53. The molecule has 0 spiro atoms. The van der Waals surface area contributed by atoms with E-state index in [9.17, 15) is 0 Å². The zero-order chi connectivity index (χ0) is 13.1. The number of hydrogen-bond acceptors (Lipinski definition) is 2. The van der Waals surface area contributed by atoms with Crippen LogP contribution in [-0.2, 0) is 12.8 Å². The molecule has 100 valence electrons. The number of thiophene rings is 1. The molecule has 0 amide bonds. The van der Waals surface area contributed by atoms with Crippen molar-refractivity contribution in [2.24, 2.45) is 0 Å². The molecule has 19 heavy (non-hydrogen) atoms. The van der Waals surface area contributed by atoms with E-state index >= 15 is 0 Å². The van der Waals surface area contributed by atoms with Crippen molar-refractivity contribution in [1.82, 2.24) is 5.32 Å². The summed E-state index contributed by atoms with van der Waals surface area (Å²) in [5.41, 5.74) is 3.06. The molecule has 0 aliphatic heterocycles. The van der Waals surface area contributed by atoms with E-state index in [2.05, 4.69) is 54.0 Å². The van der Waals surface area contributed by atoms with Gasteiger partial charge in [-0.3, -0.25) is 0 Å². The average Bonchev–Trinajstić information content (AvgIpc) is 2.92. The third-order valence-corrected chi connectivity index (χ3v) is 4.84. The van der Waals surface area contributed by atoms with Gasteiger partial charge in [0, 0.05) is 17.0 Å². The van der Waals surface area contributed by atoms with E-state index in [1.807, 2.05) is 11.3 Å². The molecule has 0 bridgehead atoms. The standard InChI is InChI=1S/C17H21NS/c1-13(12-15-8-5-11-19-15)18-17-10-4-7-14-6-2-3-9-16(14)17/h2-3,5-6,8-9,11,13,17-18H,4,7,10,12H2,1H3. The van der Waals surface area contributed by atoms with Crippen LogP contribution in [0.3, 0.4) is 0 Å². The Morgan fingerprint density at radius 3 is 3.00 bits per heavy atom. The van der Waals surface area contributed by atoms with E-state index in [-0.39, 0.29) is 0 Å². The Morgan fingerprint density at radius 2 is 2.16 bits per heavy atom. The maximum atomic E-state index is 3.82. The van der Waals surface area contributed by atoms with Crippen molar-refractivity contribution in [3.8, 4) is 0 Å². The first-order valence-corrected chi connectivity index (χ1v) is 8.07. The molecule has 2 unspecified atom stereocenters. The molecule has 3 rings (SSSR count). The molecule has 2 aromatic rings. The SMILES string of the molecule is CC(Cc1cccs1)NC1CCCc2ccccc21. The van der Waals surface area contributed by atoms with E-state index in [0.29, 0.717) is 12.1 Å². The smallest absolute Gasteiger partial charge is 0.0325 e. The number of aryl methyl sites for hydroxylation is 1. The summed E-state index contributed by atoms with van der Waals surface area (Å²) < 4.78 is 0. The molecule has 1 heterocycles. The Kier molecular flexibility index (Phi) is 4.00. The number of rotatable bonds is 4. The fraction of sp³-hybridized carbons (Fsp3) is 0.412. The van der Waals surface area contributed by atoms with Crippen molar-refractivity contribution < 1.29 is 0 Å². The van der Waals surface area contributed by atoms with Gasteiger partial charge in [-0.1, -0.05) is 30.3 Å². The second-order valence-electron chi connectivity index (χ2n) is 5.49. The van der Waals surface area contributed by atoms with Crippen LogP contribution in [0.4, 0.5) is 0 Å². The minimum absolute atomic E-state index is 0.537. The predicted octanol–water partition coefficient (Wildman–Crippen LogP) is 4.35. The Balaban J connectivity index is 1.67. The molecule has 0 saturated heterocycles. The van der Waals surface area contributed by atoms with Crippen LogP contribution in [0.2, 0.25) is 0 Å². The fourth-order valence-electron chi connectivity index (χ4n) is 3.06. The fourth-order valence-corrected chi connectivity index (χ4v) is 3.90. The van der Waals surface area contributed by atoms with Gasteiger partial charge in [-0.2, -0.15) is 0 Å². The highest BCUT2D eigenvalue weighted by atomic mass is 32.1. The molecule has 2 atom stereocenters. The van der Waals surface area contributed by atoms with Crippen LogP contribution in [-0.4, -0.2) is 6.04 Å². The number of fused-ring (bicyclic) bond motifs is 1. The van der Waals surface area contributed by atoms with E-state index in [1.165, 1.54) is 35.3 Å². The van der Waals surface area contributed by atoms with Gasteiger partial charge in [-0.15, -0.1) is 11.3 Å². The third-order valence-electron chi connectivity index (χ3n) is 3.94. The zero-order valence-corrected chi connectivity index (χ0v) is 12.2. The molecule has 0 fully saturated rings. The Bertz CT molecular complexity index is 518. The lowest BCUT2D eigenvalue weighted by Gasteiger charge is -2.29. The van der Waals surface area contributed by atoms with Crippen molar-refractivity contribution in [3.63, 3.8) is 0 Å². The second kappa shape index (κ2) is 5.89. The molecule has 2 heteroatoms. The van der Waals surface area contributed by atoms with Crippen LogP contribution in [0.1, 0.15) is 41.8 Å². The molecule has 1 aromatic carbocycles. The molecule has 1 N–H and O–H groups in total. The minimum atomic E-state index is 0.537. The molecular weight excluding hydrogens is 250 g/mol. The van der Waals surface area contributed by atoms with Gasteiger partial charge < -0.3 is 5.32 Å². The van der Waals surface area contributed by atoms with Gasteiger partial charge in [0.15, 0.2) is 0 Å².